The zero-order valence-electron chi connectivity index (χ0n) is 14.6. The maximum absolute atomic E-state index is 12.9. The van der Waals surface area contributed by atoms with Gasteiger partial charge in [-0.25, -0.2) is 13.1 Å². The highest BCUT2D eigenvalue weighted by molar-refractivity contribution is 7.89. The molecule has 0 saturated carbocycles. The quantitative estimate of drug-likeness (QED) is 0.870. The van der Waals surface area contributed by atoms with Crippen molar-refractivity contribution in [1.29, 1.82) is 0 Å². The number of benzene rings is 2. The lowest BCUT2D eigenvalue weighted by atomic mass is 9.96. The fourth-order valence-electron chi connectivity index (χ4n) is 2.56. The minimum atomic E-state index is -3.74. The highest BCUT2D eigenvalue weighted by Crippen LogP contribution is 2.33. The summed E-state index contributed by atoms with van der Waals surface area (Å²) in [6.07, 6.45) is 0. The van der Waals surface area contributed by atoms with E-state index in [1.807, 2.05) is 44.2 Å². The molecule has 0 atom stereocenters. The Kier molecular flexibility index (Phi) is 5.20. The third-order valence-electron chi connectivity index (χ3n) is 3.86. The van der Waals surface area contributed by atoms with Crippen LogP contribution in [0.2, 0.25) is 0 Å². The first-order valence-corrected chi connectivity index (χ1v) is 9.01. The van der Waals surface area contributed by atoms with Gasteiger partial charge < -0.3 is 9.47 Å². The molecule has 0 unspecified atom stereocenters. The third-order valence-corrected chi connectivity index (χ3v) is 5.65. The number of hydrogen-bond acceptors (Lipinski definition) is 4. The van der Waals surface area contributed by atoms with Crippen molar-refractivity contribution >= 4 is 10.0 Å². The van der Waals surface area contributed by atoms with Crippen molar-refractivity contribution in [2.24, 2.45) is 0 Å². The molecule has 2 rings (SSSR count). The van der Waals surface area contributed by atoms with Crippen LogP contribution in [0.5, 0.6) is 11.5 Å². The summed E-state index contributed by atoms with van der Waals surface area (Å²) in [4.78, 5) is 0.171. The van der Waals surface area contributed by atoms with Gasteiger partial charge in [0.05, 0.1) is 24.7 Å². The van der Waals surface area contributed by atoms with E-state index in [-0.39, 0.29) is 4.90 Å². The van der Waals surface area contributed by atoms with Crippen molar-refractivity contribution in [1.82, 2.24) is 4.72 Å². The van der Waals surface area contributed by atoms with Crippen molar-refractivity contribution in [2.45, 2.75) is 31.2 Å². The Morgan fingerprint density at radius 2 is 1.50 bits per heavy atom. The zero-order valence-corrected chi connectivity index (χ0v) is 15.4. The fraction of sp³-hybridized carbons (Fsp3) is 0.333. The average Bonchev–Trinajstić information content (AvgIpc) is 2.54. The van der Waals surface area contributed by atoms with E-state index >= 15 is 0 Å². The first kappa shape index (κ1) is 18.3. The van der Waals surface area contributed by atoms with E-state index in [1.165, 1.54) is 20.3 Å². The first-order valence-electron chi connectivity index (χ1n) is 7.53. The molecule has 2 aromatic rings. The van der Waals surface area contributed by atoms with Crippen LogP contribution in [-0.2, 0) is 15.6 Å². The van der Waals surface area contributed by atoms with Gasteiger partial charge in [0.25, 0.3) is 0 Å². The molecule has 0 aromatic heterocycles. The van der Waals surface area contributed by atoms with Gasteiger partial charge in [0.1, 0.15) is 0 Å². The molecule has 0 spiro atoms. The molecule has 24 heavy (non-hydrogen) atoms. The van der Waals surface area contributed by atoms with Gasteiger partial charge >= 0.3 is 0 Å². The summed E-state index contributed by atoms with van der Waals surface area (Å²) in [6.45, 7) is 5.39. The van der Waals surface area contributed by atoms with Crippen LogP contribution in [0.15, 0.2) is 47.4 Å². The molecule has 130 valence electrons. The number of sulfonamides is 1. The third kappa shape index (κ3) is 3.71. The van der Waals surface area contributed by atoms with Gasteiger partial charge in [0.15, 0.2) is 11.5 Å². The second-order valence-electron chi connectivity index (χ2n) is 6.07. The molecule has 5 nitrogen and oxygen atoms in total. The Balaban J connectivity index is 2.44. The van der Waals surface area contributed by atoms with E-state index < -0.39 is 15.6 Å². The standard InChI is InChI=1S/C18H23NO4S/c1-13-11-15(22-4)16(23-5)12-17(13)24(20,21)19-18(2,3)14-9-7-6-8-10-14/h6-12,19H,1-5H3. The van der Waals surface area contributed by atoms with Crippen LogP contribution < -0.4 is 14.2 Å². The predicted octanol–water partition coefficient (Wildman–Crippen LogP) is 3.23. The van der Waals surface area contributed by atoms with E-state index in [0.29, 0.717) is 17.1 Å². The van der Waals surface area contributed by atoms with E-state index in [9.17, 15) is 8.42 Å². The summed E-state index contributed by atoms with van der Waals surface area (Å²) in [5.41, 5.74) is 0.718. The van der Waals surface area contributed by atoms with Crippen LogP contribution in [0, 0.1) is 6.92 Å². The lowest BCUT2D eigenvalue weighted by Gasteiger charge is -2.27. The monoisotopic (exact) mass is 349 g/mol. The smallest absolute Gasteiger partial charge is 0.241 e. The summed E-state index contributed by atoms with van der Waals surface area (Å²) in [5, 5.41) is 0. The molecule has 0 fully saturated rings. The Bertz CT molecular complexity index is 814. The van der Waals surface area contributed by atoms with Gasteiger partial charge in [-0.15, -0.1) is 0 Å². The highest BCUT2D eigenvalue weighted by atomic mass is 32.2. The second-order valence-corrected chi connectivity index (χ2v) is 7.72. The number of nitrogens with one attached hydrogen (secondary N) is 1. The maximum Gasteiger partial charge on any atom is 0.241 e. The van der Waals surface area contributed by atoms with Crippen molar-refractivity contribution in [3.63, 3.8) is 0 Å². The molecule has 0 bridgehead atoms. The second kappa shape index (κ2) is 6.83. The number of methoxy groups -OCH3 is 2. The molecule has 0 heterocycles. The predicted molar refractivity (Wildman–Crippen MR) is 94.1 cm³/mol. The van der Waals surface area contributed by atoms with E-state index in [0.717, 1.165) is 5.56 Å². The molecule has 2 aromatic carbocycles. The average molecular weight is 349 g/mol. The zero-order chi connectivity index (χ0) is 18.0. The van der Waals surface area contributed by atoms with Crippen LogP contribution >= 0.6 is 0 Å². The minimum Gasteiger partial charge on any atom is -0.493 e. The molecular formula is C18H23NO4S. The Labute approximate surface area is 143 Å². The van der Waals surface area contributed by atoms with E-state index in [1.54, 1.807) is 13.0 Å². The Morgan fingerprint density at radius 1 is 0.958 bits per heavy atom. The molecule has 0 aliphatic heterocycles. The number of rotatable bonds is 6. The summed E-state index contributed by atoms with van der Waals surface area (Å²) in [6, 6.07) is 12.6. The van der Waals surface area contributed by atoms with Gasteiger partial charge in [0, 0.05) is 6.07 Å². The molecule has 0 aliphatic rings. The SMILES string of the molecule is COc1cc(C)c(S(=O)(=O)NC(C)(C)c2ccccc2)cc1OC. The molecule has 6 heteroatoms. The van der Waals surface area contributed by atoms with Gasteiger partial charge in [0.2, 0.25) is 10.0 Å². The van der Waals surface area contributed by atoms with Crippen LogP contribution in [0.4, 0.5) is 0 Å². The summed E-state index contributed by atoms with van der Waals surface area (Å²) in [5.74, 6) is 0.872. The van der Waals surface area contributed by atoms with Gasteiger partial charge in [-0.2, -0.15) is 0 Å². The first-order chi connectivity index (χ1) is 11.2. The van der Waals surface area contributed by atoms with Crippen molar-refractivity contribution in [3.05, 3.63) is 53.6 Å². The topological polar surface area (TPSA) is 64.6 Å². The van der Waals surface area contributed by atoms with E-state index in [2.05, 4.69) is 4.72 Å². The van der Waals surface area contributed by atoms with Crippen LogP contribution in [-0.4, -0.2) is 22.6 Å². The summed E-state index contributed by atoms with van der Waals surface area (Å²) < 4.78 is 39.0. The minimum absolute atomic E-state index is 0.171. The number of hydrogen-bond donors (Lipinski definition) is 1. The van der Waals surface area contributed by atoms with Gasteiger partial charge in [-0.05, 0) is 38.0 Å². The van der Waals surface area contributed by atoms with Crippen LogP contribution in [0.1, 0.15) is 25.0 Å². The van der Waals surface area contributed by atoms with E-state index in [4.69, 9.17) is 9.47 Å². The Morgan fingerprint density at radius 3 is 2.04 bits per heavy atom. The normalized spacial score (nSPS) is 12.0. The molecule has 0 radical (unpaired) electrons. The van der Waals surface area contributed by atoms with Gasteiger partial charge in [-0.1, -0.05) is 30.3 Å². The van der Waals surface area contributed by atoms with Crippen molar-refractivity contribution < 1.29 is 17.9 Å². The lowest BCUT2D eigenvalue weighted by Crippen LogP contribution is -2.41. The van der Waals surface area contributed by atoms with Gasteiger partial charge in [-0.3, -0.25) is 0 Å². The molecule has 1 N–H and O–H groups in total. The largest absolute Gasteiger partial charge is 0.493 e. The fourth-order valence-corrected chi connectivity index (χ4v) is 4.20. The molecular weight excluding hydrogens is 326 g/mol. The molecule has 0 amide bonds. The number of ether oxygens (including phenoxy) is 2. The molecule has 0 aliphatic carbocycles. The van der Waals surface area contributed by atoms with Crippen molar-refractivity contribution in [2.75, 3.05) is 14.2 Å². The molecule has 0 saturated heterocycles. The highest BCUT2D eigenvalue weighted by Gasteiger charge is 2.29. The maximum atomic E-state index is 12.9. The summed E-state index contributed by atoms with van der Waals surface area (Å²) in [7, 11) is -0.747. The van der Waals surface area contributed by atoms with Crippen LogP contribution in [0.25, 0.3) is 0 Å². The Hall–Kier alpha value is -2.05. The van der Waals surface area contributed by atoms with Crippen molar-refractivity contribution in [3.8, 4) is 11.5 Å². The summed E-state index contributed by atoms with van der Waals surface area (Å²) >= 11 is 0. The lowest BCUT2D eigenvalue weighted by molar-refractivity contribution is 0.353. The van der Waals surface area contributed by atoms with Crippen LogP contribution in [0.3, 0.4) is 0 Å². The number of aryl methyl sites for hydroxylation is 1.